The summed E-state index contributed by atoms with van der Waals surface area (Å²) in [6, 6.07) is 6.25. The first-order chi connectivity index (χ1) is 15.5. The van der Waals surface area contributed by atoms with Gasteiger partial charge in [0.15, 0.2) is 5.75 Å². The van der Waals surface area contributed by atoms with Gasteiger partial charge in [-0.15, -0.1) is 0 Å². The summed E-state index contributed by atoms with van der Waals surface area (Å²) >= 11 is 8.36. The number of carbonyl (C=O) groups excluding carboxylic acids is 3. The molecule has 0 aliphatic rings. The predicted octanol–water partition coefficient (Wildman–Crippen LogP) is 2.88. The molecule has 2 rings (SSSR count). The van der Waals surface area contributed by atoms with E-state index in [-0.39, 0.29) is 25.3 Å². The fourth-order valence-corrected chi connectivity index (χ4v) is 6.44. The van der Waals surface area contributed by atoms with Crippen molar-refractivity contribution in [3.05, 3.63) is 44.1 Å². The lowest BCUT2D eigenvalue weighted by Gasteiger charge is -2.18. The highest BCUT2D eigenvalue weighted by atomic mass is 127. The molecular formula is C20H19I4N3O6. The highest BCUT2D eigenvalue weighted by Crippen LogP contribution is 2.37. The monoisotopic (exact) mass is 905 g/mol. The van der Waals surface area contributed by atoms with E-state index in [0.717, 1.165) is 12.7 Å². The zero-order chi connectivity index (χ0) is 24.7. The summed E-state index contributed by atoms with van der Waals surface area (Å²) in [5.74, 6) is -0.177. The van der Waals surface area contributed by atoms with Crippen LogP contribution in [0.4, 0.5) is 0 Å². The number of benzene rings is 2. The van der Waals surface area contributed by atoms with Crippen molar-refractivity contribution in [2.75, 3.05) is 20.2 Å². The number of halogens is 4. The zero-order valence-corrected chi connectivity index (χ0v) is 25.7. The third-order valence-electron chi connectivity index (χ3n) is 4.16. The second-order valence-corrected chi connectivity index (χ2v) is 11.2. The highest BCUT2D eigenvalue weighted by molar-refractivity contribution is 14.1. The lowest BCUT2D eigenvalue weighted by molar-refractivity contribution is -0.145. The number of phenolic OH excluding ortho intramolecular Hbond substituents is 1. The van der Waals surface area contributed by atoms with Crippen LogP contribution in [0, 0.1) is 14.3 Å². The fourth-order valence-electron chi connectivity index (χ4n) is 2.61. The minimum Gasteiger partial charge on any atom is -0.506 e. The quantitative estimate of drug-likeness (QED) is 0.225. The minimum absolute atomic E-state index is 0.185. The molecule has 178 valence electrons. The van der Waals surface area contributed by atoms with Gasteiger partial charge < -0.3 is 30.9 Å². The smallest absolute Gasteiger partial charge is 0.328 e. The Kier molecular flexibility index (Phi) is 11.6. The largest absolute Gasteiger partial charge is 0.506 e. The Hall–Kier alpha value is -0.670. The zero-order valence-electron chi connectivity index (χ0n) is 17.1. The first-order valence-electron chi connectivity index (χ1n) is 9.23. The number of carbonyl (C=O) groups is 3. The van der Waals surface area contributed by atoms with E-state index in [0.29, 0.717) is 18.6 Å². The summed E-state index contributed by atoms with van der Waals surface area (Å²) in [6.45, 7) is -0.531. The Bertz CT molecular complexity index is 1020. The molecule has 0 heterocycles. The van der Waals surface area contributed by atoms with Gasteiger partial charge in [-0.3, -0.25) is 9.59 Å². The van der Waals surface area contributed by atoms with Gasteiger partial charge in [0.2, 0.25) is 11.8 Å². The van der Waals surface area contributed by atoms with Gasteiger partial charge in [-0.2, -0.15) is 0 Å². The van der Waals surface area contributed by atoms with Crippen LogP contribution in [0.15, 0.2) is 24.3 Å². The number of phenols is 1. The molecule has 0 aromatic heterocycles. The van der Waals surface area contributed by atoms with Crippen molar-refractivity contribution >= 4 is 108 Å². The van der Waals surface area contributed by atoms with Crippen LogP contribution in [0.1, 0.15) is 5.56 Å². The number of aromatic hydroxyl groups is 1. The minimum atomic E-state index is -0.934. The van der Waals surface area contributed by atoms with E-state index >= 15 is 0 Å². The Morgan fingerprint density at radius 2 is 1.58 bits per heavy atom. The number of ether oxygens (including phenoxy) is 2. The molecule has 0 aliphatic heterocycles. The first kappa shape index (κ1) is 28.6. The molecule has 0 unspecified atom stereocenters. The summed E-state index contributed by atoms with van der Waals surface area (Å²) in [5.41, 5.74) is 5.99. The number of hydrogen-bond acceptors (Lipinski definition) is 7. The fraction of sp³-hybridized carbons (Fsp3) is 0.250. The molecule has 2 amide bonds. The van der Waals surface area contributed by atoms with Crippen LogP contribution >= 0.6 is 90.4 Å². The summed E-state index contributed by atoms with van der Waals surface area (Å²) in [7, 11) is 1.24. The van der Waals surface area contributed by atoms with Crippen LogP contribution in [0.3, 0.4) is 0 Å². The number of rotatable bonds is 9. The molecule has 13 heteroatoms. The summed E-state index contributed by atoms with van der Waals surface area (Å²) in [5, 5.41) is 14.9. The molecule has 0 spiro atoms. The number of amides is 2. The maximum atomic E-state index is 12.2. The van der Waals surface area contributed by atoms with Crippen molar-refractivity contribution in [2.45, 2.75) is 12.5 Å². The van der Waals surface area contributed by atoms with Crippen molar-refractivity contribution in [2.24, 2.45) is 5.73 Å². The third kappa shape index (κ3) is 8.49. The van der Waals surface area contributed by atoms with Gasteiger partial charge in [-0.25, -0.2) is 4.79 Å². The molecule has 1 atom stereocenters. The second-order valence-electron chi connectivity index (χ2n) is 6.55. The predicted molar refractivity (Wildman–Crippen MR) is 155 cm³/mol. The molecule has 0 saturated carbocycles. The summed E-state index contributed by atoms with van der Waals surface area (Å²) in [4.78, 5) is 35.6. The van der Waals surface area contributed by atoms with E-state index in [1.54, 1.807) is 12.1 Å². The molecule has 5 N–H and O–H groups in total. The number of nitrogens with one attached hydrogen (secondary N) is 2. The van der Waals surface area contributed by atoms with E-state index in [4.69, 9.17) is 15.2 Å². The number of esters is 1. The van der Waals surface area contributed by atoms with Gasteiger partial charge in [0.05, 0.1) is 34.5 Å². The molecule has 33 heavy (non-hydrogen) atoms. The van der Waals surface area contributed by atoms with E-state index in [1.807, 2.05) is 57.3 Å². The average Bonchev–Trinajstić information content (AvgIpc) is 2.77. The van der Waals surface area contributed by atoms with E-state index in [2.05, 4.69) is 55.8 Å². The molecule has 0 bridgehead atoms. The molecule has 0 saturated heterocycles. The first-order valence-corrected chi connectivity index (χ1v) is 13.5. The summed E-state index contributed by atoms with van der Waals surface area (Å²) in [6.07, 6.45) is 0.185. The SMILES string of the molecule is COC(=O)[C@H](Cc1cc(I)c(Oc2cc(I)c(O)c(I)c2)c(I)c1)NC(=O)CNC(=O)CN. The van der Waals surface area contributed by atoms with Crippen LogP contribution in [0.25, 0.3) is 0 Å². The number of methoxy groups -OCH3 is 1. The van der Waals surface area contributed by atoms with Gasteiger partial charge in [0.1, 0.15) is 17.5 Å². The molecule has 0 aliphatic carbocycles. The van der Waals surface area contributed by atoms with E-state index < -0.39 is 23.8 Å². The Balaban J connectivity index is 2.19. The van der Waals surface area contributed by atoms with Crippen LogP contribution in [0.5, 0.6) is 17.2 Å². The van der Waals surface area contributed by atoms with Crippen LogP contribution in [0.2, 0.25) is 0 Å². The normalized spacial score (nSPS) is 11.5. The van der Waals surface area contributed by atoms with Crippen molar-refractivity contribution in [3.8, 4) is 17.2 Å². The van der Waals surface area contributed by atoms with Gasteiger partial charge in [-0.05, 0) is 120 Å². The van der Waals surface area contributed by atoms with Crippen molar-refractivity contribution in [1.29, 1.82) is 0 Å². The van der Waals surface area contributed by atoms with Crippen molar-refractivity contribution in [3.63, 3.8) is 0 Å². The van der Waals surface area contributed by atoms with E-state index in [1.165, 1.54) is 7.11 Å². The molecule has 9 nitrogen and oxygen atoms in total. The van der Waals surface area contributed by atoms with Crippen molar-refractivity contribution < 1.29 is 29.0 Å². The summed E-state index contributed by atoms with van der Waals surface area (Å²) < 4.78 is 13.8. The van der Waals surface area contributed by atoms with Gasteiger partial charge in [0, 0.05) is 6.42 Å². The van der Waals surface area contributed by atoms with E-state index in [9.17, 15) is 19.5 Å². The number of nitrogens with two attached hydrogens (primary N) is 1. The Labute approximate surface area is 244 Å². The van der Waals surface area contributed by atoms with Gasteiger partial charge in [0.25, 0.3) is 0 Å². The molecule has 2 aromatic rings. The maximum Gasteiger partial charge on any atom is 0.328 e. The van der Waals surface area contributed by atoms with Crippen LogP contribution in [-0.2, 0) is 25.5 Å². The van der Waals surface area contributed by atoms with Gasteiger partial charge >= 0.3 is 5.97 Å². The molecule has 0 fully saturated rings. The molecule has 2 aromatic carbocycles. The maximum absolute atomic E-state index is 12.2. The highest BCUT2D eigenvalue weighted by Gasteiger charge is 2.23. The topological polar surface area (TPSA) is 140 Å². The Morgan fingerprint density at radius 1 is 1.00 bits per heavy atom. The Morgan fingerprint density at radius 3 is 2.09 bits per heavy atom. The second kappa shape index (κ2) is 13.4. The average molecular weight is 905 g/mol. The lowest BCUT2D eigenvalue weighted by atomic mass is 10.1. The van der Waals surface area contributed by atoms with Crippen molar-refractivity contribution in [1.82, 2.24) is 10.6 Å². The molecule has 0 radical (unpaired) electrons. The lowest BCUT2D eigenvalue weighted by Crippen LogP contribution is -2.47. The number of hydrogen-bond donors (Lipinski definition) is 4. The standard InChI is InChI=1S/C20H19I4N3O6/c1-32-20(31)15(27-17(29)8-26-16(28)7-25)4-9-2-13(23)19(14(24)3-9)33-10-5-11(21)18(30)12(22)6-10/h2-3,5-6,15,30H,4,7-8,25H2,1H3,(H,26,28)(H,27,29)/t15-/m0/s1. The van der Waals surface area contributed by atoms with Crippen LogP contribution < -0.4 is 21.1 Å². The van der Waals surface area contributed by atoms with Gasteiger partial charge in [-0.1, -0.05) is 0 Å². The third-order valence-corrected chi connectivity index (χ3v) is 7.41. The van der Waals surface area contributed by atoms with Crippen LogP contribution in [-0.4, -0.2) is 49.1 Å². The molecular weight excluding hydrogens is 886 g/mol.